The van der Waals surface area contributed by atoms with Crippen LogP contribution in [-0.4, -0.2) is 12.1 Å². The molecule has 0 unspecified atom stereocenters. The Morgan fingerprint density at radius 2 is 1.81 bits per heavy atom. The molecule has 0 saturated carbocycles. The molecule has 5 heteroatoms. The third-order valence-corrected chi connectivity index (χ3v) is 5.88. The van der Waals surface area contributed by atoms with Gasteiger partial charge in [-0.3, -0.25) is 0 Å². The molecule has 0 spiro atoms. The van der Waals surface area contributed by atoms with Gasteiger partial charge in [-0.05, 0) is 42.5 Å². The monoisotopic (exact) mass is 392 g/mol. The summed E-state index contributed by atoms with van der Waals surface area (Å²) in [4.78, 5) is 4.81. The third kappa shape index (κ3) is 2.91. The number of halogens is 1. The van der Waals surface area contributed by atoms with Crippen molar-refractivity contribution >= 4 is 43.2 Å². The highest BCUT2D eigenvalue weighted by molar-refractivity contribution is 7.21. The van der Waals surface area contributed by atoms with Crippen molar-refractivity contribution in [3.8, 4) is 16.3 Å². The Labute approximate surface area is 167 Å². The van der Waals surface area contributed by atoms with E-state index in [1.54, 1.807) is 18.4 Å². The standard InChI is InChI=1S/C22H17N2OS.ClH/c1-24-13-15-11-16(25-2)8-9-17(15)18-12-14(7-10-20(18)24)22-23-19-5-3-4-6-21(19)26-22;/h3-13H,1-2H3;1H/q+1;/p-1. The van der Waals surface area contributed by atoms with E-state index in [1.165, 1.54) is 26.4 Å². The summed E-state index contributed by atoms with van der Waals surface area (Å²) in [6, 6.07) is 21.1. The first kappa shape index (κ1) is 17.7. The number of para-hydroxylation sites is 1. The molecule has 0 N–H and O–H groups in total. The Bertz CT molecular complexity index is 1260. The van der Waals surface area contributed by atoms with Crippen molar-refractivity contribution in [1.82, 2.24) is 4.98 Å². The summed E-state index contributed by atoms with van der Waals surface area (Å²) in [6.07, 6.45) is 2.15. The molecule has 2 aromatic heterocycles. The summed E-state index contributed by atoms with van der Waals surface area (Å²) in [5.41, 5.74) is 3.41. The molecule has 134 valence electrons. The fourth-order valence-electron chi connectivity index (χ4n) is 3.49. The second kappa shape index (κ2) is 6.80. The Morgan fingerprint density at radius 3 is 2.63 bits per heavy atom. The molecular weight excluding hydrogens is 376 g/mol. The smallest absolute Gasteiger partial charge is 0.212 e. The van der Waals surface area contributed by atoms with Crippen LogP contribution < -0.4 is 21.7 Å². The number of hydrogen-bond acceptors (Lipinski definition) is 3. The number of fused-ring (bicyclic) bond motifs is 4. The molecule has 0 fully saturated rings. The van der Waals surface area contributed by atoms with Crippen molar-refractivity contribution in [3.63, 3.8) is 0 Å². The van der Waals surface area contributed by atoms with Gasteiger partial charge in [-0.15, -0.1) is 11.3 Å². The number of ether oxygens (including phenoxy) is 1. The Balaban J connectivity index is 0.00000180. The molecule has 0 saturated heterocycles. The van der Waals surface area contributed by atoms with E-state index in [9.17, 15) is 0 Å². The van der Waals surface area contributed by atoms with Crippen molar-refractivity contribution < 1.29 is 21.7 Å². The van der Waals surface area contributed by atoms with Gasteiger partial charge in [-0.25, -0.2) is 9.55 Å². The molecule has 3 aromatic carbocycles. The summed E-state index contributed by atoms with van der Waals surface area (Å²) in [7, 11) is 3.78. The predicted octanol–water partition coefficient (Wildman–Crippen LogP) is 2.11. The lowest BCUT2D eigenvalue weighted by molar-refractivity contribution is -0.643. The molecule has 0 radical (unpaired) electrons. The summed E-state index contributed by atoms with van der Waals surface area (Å²) >= 11 is 1.74. The minimum absolute atomic E-state index is 0. The molecule has 0 amide bonds. The molecular formula is C22H17ClN2OS. The first-order valence-electron chi connectivity index (χ1n) is 8.49. The van der Waals surface area contributed by atoms with Gasteiger partial charge in [0.05, 0.1) is 28.1 Å². The van der Waals surface area contributed by atoms with Gasteiger partial charge < -0.3 is 17.1 Å². The Morgan fingerprint density at radius 1 is 0.963 bits per heavy atom. The zero-order chi connectivity index (χ0) is 17.7. The highest BCUT2D eigenvalue weighted by atomic mass is 35.5. The van der Waals surface area contributed by atoms with Gasteiger partial charge >= 0.3 is 0 Å². The van der Waals surface area contributed by atoms with E-state index >= 15 is 0 Å². The SMILES string of the molecule is COc1ccc2c(c1)c[n+](C)c1ccc(-c3nc4ccccc4s3)cc21.[Cl-]. The quantitative estimate of drug-likeness (QED) is 0.340. The van der Waals surface area contributed by atoms with Gasteiger partial charge in [0, 0.05) is 17.0 Å². The van der Waals surface area contributed by atoms with Crippen LogP contribution in [0.15, 0.2) is 66.9 Å². The van der Waals surface area contributed by atoms with Crippen LogP contribution in [0.3, 0.4) is 0 Å². The average Bonchev–Trinajstić information content (AvgIpc) is 3.11. The molecule has 0 bridgehead atoms. The largest absolute Gasteiger partial charge is 1.00 e. The number of methoxy groups -OCH3 is 1. The van der Waals surface area contributed by atoms with E-state index in [0.29, 0.717) is 0 Å². The summed E-state index contributed by atoms with van der Waals surface area (Å²) in [5, 5.41) is 4.67. The lowest BCUT2D eigenvalue weighted by Crippen LogP contribution is -3.00. The number of rotatable bonds is 2. The number of hydrogen-bond donors (Lipinski definition) is 0. The van der Waals surface area contributed by atoms with E-state index in [0.717, 1.165) is 21.8 Å². The fourth-order valence-corrected chi connectivity index (χ4v) is 4.45. The lowest BCUT2D eigenvalue weighted by Gasteiger charge is -2.06. The Hall–Kier alpha value is -2.69. The minimum atomic E-state index is 0. The van der Waals surface area contributed by atoms with Crippen LogP contribution in [0.2, 0.25) is 0 Å². The maximum absolute atomic E-state index is 5.38. The molecule has 3 nitrogen and oxygen atoms in total. The molecule has 0 atom stereocenters. The van der Waals surface area contributed by atoms with Crippen LogP contribution in [0, 0.1) is 0 Å². The minimum Gasteiger partial charge on any atom is -1.00 e. The summed E-state index contributed by atoms with van der Waals surface area (Å²) in [6.45, 7) is 0. The number of benzene rings is 3. The molecule has 5 rings (SSSR count). The van der Waals surface area contributed by atoms with Crippen molar-refractivity contribution in [2.45, 2.75) is 0 Å². The van der Waals surface area contributed by atoms with Crippen LogP contribution in [0.25, 0.3) is 42.5 Å². The first-order valence-corrected chi connectivity index (χ1v) is 9.31. The van der Waals surface area contributed by atoms with Crippen LogP contribution in [0.5, 0.6) is 5.75 Å². The normalized spacial score (nSPS) is 11.0. The van der Waals surface area contributed by atoms with Crippen LogP contribution in [-0.2, 0) is 7.05 Å². The second-order valence-electron chi connectivity index (χ2n) is 6.41. The van der Waals surface area contributed by atoms with E-state index < -0.39 is 0 Å². The number of pyridine rings is 1. The molecule has 2 heterocycles. The molecule has 0 aliphatic heterocycles. The molecule has 0 aliphatic rings. The van der Waals surface area contributed by atoms with E-state index in [1.807, 2.05) is 12.1 Å². The maximum atomic E-state index is 5.38. The van der Waals surface area contributed by atoms with E-state index in [4.69, 9.17) is 9.72 Å². The average molecular weight is 393 g/mol. The number of aryl methyl sites for hydroxylation is 1. The van der Waals surface area contributed by atoms with Gasteiger partial charge in [-0.2, -0.15) is 0 Å². The van der Waals surface area contributed by atoms with Crippen molar-refractivity contribution in [1.29, 1.82) is 0 Å². The van der Waals surface area contributed by atoms with Crippen LogP contribution >= 0.6 is 11.3 Å². The first-order chi connectivity index (χ1) is 12.7. The second-order valence-corrected chi connectivity index (χ2v) is 7.44. The van der Waals surface area contributed by atoms with Gasteiger partial charge in [0.1, 0.15) is 17.8 Å². The van der Waals surface area contributed by atoms with Crippen LogP contribution in [0.1, 0.15) is 0 Å². The number of thiazole rings is 1. The van der Waals surface area contributed by atoms with Crippen molar-refractivity contribution in [2.75, 3.05) is 7.11 Å². The van der Waals surface area contributed by atoms with E-state index in [2.05, 4.69) is 66.3 Å². The summed E-state index contributed by atoms with van der Waals surface area (Å²) < 4.78 is 8.77. The lowest BCUT2D eigenvalue weighted by atomic mass is 10.0. The maximum Gasteiger partial charge on any atom is 0.212 e. The van der Waals surface area contributed by atoms with Gasteiger partial charge in [0.25, 0.3) is 0 Å². The third-order valence-electron chi connectivity index (χ3n) is 4.80. The van der Waals surface area contributed by atoms with Gasteiger partial charge in [-0.1, -0.05) is 12.1 Å². The van der Waals surface area contributed by atoms with Crippen molar-refractivity contribution in [2.24, 2.45) is 7.05 Å². The van der Waals surface area contributed by atoms with Crippen molar-refractivity contribution in [3.05, 3.63) is 66.9 Å². The van der Waals surface area contributed by atoms with Crippen LogP contribution in [0.4, 0.5) is 0 Å². The number of aromatic nitrogens is 2. The molecule has 5 aromatic rings. The summed E-state index contributed by atoms with van der Waals surface area (Å²) in [5.74, 6) is 0.874. The van der Waals surface area contributed by atoms with Gasteiger partial charge in [0.15, 0.2) is 6.20 Å². The zero-order valence-corrected chi connectivity index (χ0v) is 16.5. The van der Waals surface area contributed by atoms with Gasteiger partial charge in [0.2, 0.25) is 5.52 Å². The number of nitrogens with zero attached hydrogens (tertiary/aromatic N) is 2. The Kier molecular flexibility index (Phi) is 4.46. The molecule has 0 aliphatic carbocycles. The van der Waals surface area contributed by atoms with E-state index in [-0.39, 0.29) is 12.4 Å². The molecule has 27 heavy (non-hydrogen) atoms. The highest BCUT2D eigenvalue weighted by Gasteiger charge is 2.14. The fraction of sp³-hybridized carbons (Fsp3) is 0.0909. The predicted molar refractivity (Wildman–Crippen MR) is 108 cm³/mol. The zero-order valence-electron chi connectivity index (χ0n) is 14.9. The highest BCUT2D eigenvalue weighted by Crippen LogP contribution is 2.33. The topological polar surface area (TPSA) is 26.0 Å².